The van der Waals surface area contributed by atoms with E-state index in [-0.39, 0.29) is 17.4 Å². The van der Waals surface area contributed by atoms with Gasteiger partial charge in [-0.1, -0.05) is 19.1 Å². The topological polar surface area (TPSA) is 80.4 Å². The first kappa shape index (κ1) is 19.9. The van der Waals surface area contributed by atoms with Crippen molar-refractivity contribution in [2.45, 2.75) is 32.7 Å². The average Bonchev–Trinajstić information content (AvgIpc) is 3.32. The number of benzene rings is 1. The summed E-state index contributed by atoms with van der Waals surface area (Å²) in [7, 11) is 0. The molecule has 1 N–H and O–H groups in total. The Kier molecular flexibility index (Phi) is 5.97. The van der Waals surface area contributed by atoms with E-state index in [1.54, 1.807) is 18.4 Å². The lowest BCUT2D eigenvalue weighted by molar-refractivity contribution is -0.125. The summed E-state index contributed by atoms with van der Waals surface area (Å²) in [4.78, 5) is 26.9. The Morgan fingerprint density at radius 3 is 2.57 bits per heavy atom. The number of carbonyl (C=O) groups is 1. The van der Waals surface area contributed by atoms with Crippen molar-refractivity contribution in [3.05, 3.63) is 76.5 Å². The first-order valence-corrected chi connectivity index (χ1v) is 10.4. The number of nitrogens with zero attached hydrogens (tertiary/aromatic N) is 3. The Labute approximate surface area is 175 Å². The SMILES string of the molecule is CCc1ccc(-n2nc(N3CCC(C(=O)NCc4ccco4)CC3)ccc2=O)cc1. The summed E-state index contributed by atoms with van der Waals surface area (Å²) in [5.41, 5.74) is 1.82. The molecule has 4 rings (SSSR count). The maximum absolute atomic E-state index is 12.4. The van der Waals surface area contributed by atoms with E-state index >= 15 is 0 Å². The third-order valence-electron chi connectivity index (χ3n) is 5.58. The smallest absolute Gasteiger partial charge is 0.271 e. The highest BCUT2D eigenvalue weighted by Crippen LogP contribution is 2.22. The Morgan fingerprint density at radius 2 is 1.90 bits per heavy atom. The molecule has 1 saturated heterocycles. The number of anilines is 1. The predicted molar refractivity (Wildman–Crippen MR) is 115 cm³/mol. The van der Waals surface area contributed by atoms with E-state index < -0.39 is 0 Å². The maximum atomic E-state index is 12.4. The number of amides is 1. The van der Waals surface area contributed by atoms with E-state index in [2.05, 4.69) is 22.2 Å². The van der Waals surface area contributed by atoms with Gasteiger partial charge in [0.2, 0.25) is 5.91 Å². The Morgan fingerprint density at radius 1 is 1.13 bits per heavy atom. The molecule has 0 atom stereocenters. The molecule has 1 aromatic carbocycles. The second-order valence-corrected chi connectivity index (χ2v) is 7.52. The molecule has 0 spiro atoms. The molecule has 0 radical (unpaired) electrons. The van der Waals surface area contributed by atoms with Crippen molar-refractivity contribution >= 4 is 11.7 Å². The molecule has 0 saturated carbocycles. The highest BCUT2D eigenvalue weighted by Gasteiger charge is 2.26. The number of furan rings is 1. The minimum Gasteiger partial charge on any atom is -0.467 e. The van der Waals surface area contributed by atoms with Crippen molar-refractivity contribution in [3.8, 4) is 5.69 Å². The fraction of sp³-hybridized carbons (Fsp3) is 0.348. The molecule has 2 aromatic heterocycles. The van der Waals surface area contributed by atoms with Gasteiger partial charge in [-0.05, 0) is 55.2 Å². The number of nitrogens with one attached hydrogen (secondary N) is 1. The van der Waals surface area contributed by atoms with Crippen LogP contribution in [0, 0.1) is 5.92 Å². The van der Waals surface area contributed by atoms with Gasteiger partial charge in [0.05, 0.1) is 18.5 Å². The molecular formula is C23H26N4O3. The van der Waals surface area contributed by atoms with Crippen LogP contribution in [0.5, 0.6) is 0 Å². The second-order valence-electron chi connectivity index (χ2n) is 7.52. The van der Waals surface area contributed by atoms with Crippen LogP contribution in [0.25, 0.3) is 5.69 Å². The first-order valence-electron chi connectivity index (χ1n) is 10.4. The van der Waals surface area contributed by atoms with Gasteiger partial charge in [-0.25, -0.2) is 0 Å². The summed E-state index contributed by atoms with van der Waals surface area (Å²) >= 11 is 0. The quantitative estimate of drug-likeness (QED) is 0.681. The van der Waals surface area contributed by atoms with Crippen LogP contribution in [-0.2, 0) is 17.8 Å². The summed E-state index contributed by atoms with van der Waals surface area (Å²) in [6, 6.07) is 14.9. The van der Waals surface area contributed by atoms with E-state index in [0.29, 0.717) is 6.54 Å². The highest BCUT2D eigenvalue weighted by molar-refractivity contribution is 5.78. The first-order chi connectivity index (χ1) is 14.6. The van der Waals surface area contributed by atoms with E-state index in [0.717, 1.165) is 49.6 Å². The lowest BCUT2D eigenvalue weighted by atomic mass is 9.96. The normalized spacial score (nSPS) is 14.6. The molecule has 7 heteroatoms. The molecule has 3 heterocycles. The Bertz CT molecular complexity index is 1030. The number of hydrogen-bond donors (Lipinski definition) is 1. The molecule has 1 amide bonds. The fourth-order valence-electron chi connectivity index (χ4n) is 3.73. The molecule has 0 bridgehead atoms. The minimum atomic E-state index is -0.157. The summed E-state index contributed by atoms with van der Waals surface area (Å²) in [5, 5.41) is 7.52. The van der Waals surface area contributed by atoms with Gasteiger partial charge in [0, 0.05) is 25.1 Å². The Hall–Kier alpha value is -3.35. The summed E-state index contributed by atoms with van der Waals surface area (Å²) in [6.45, 7) is 3.95. The zero-order chi connectivity index (χ0) is 20.9. The van der Waals surface area contributed by atoms with E-state index in [4.69, 9.17) is 4.42 Å². The van der Waals surface area contributed by atoms with Crippen molar-refractivity contribution in [2.24, 2.45) is 5.92 Å². The standard InChI is InChI=1S/C23H26N4O3/c1-2-17-5-7-19(8-6-17)27-22(28)10-9-21(25-27)26-13-11-18(12-14-26)23(29)24-16-20-4-3-15-30-20/h3-10,15,18H,2,11-14,16H2,1H3,(H,24,29). The van der Waals surface area contributed by atoms with Gasteiger partial charge in [0.1, 0.15) is 11.6 Å². The lowest BCUT2D eigenvalue weighted by Crippen LogP contribution is -2.41. The minimum absolute atomic E-state index is 0.0243. The maximum Gasteiger partial charge on any atom is 0.271 e. The molecule has 1 fully saturated rings. The lowest BCUT2D eigenvalue weighted by Gasteiger charge is -2.32. The number of hydrogen-bond acceptors (Lipinski definition) is 5. The second kappa shape index (κ2) is 8.98. The number of rotatable bonds is 6. The third kappa shape index (κ3) is 4.45. The summed E-state index contributed by atoms with van der Waals surface area (Å²) in [6.07, 6.45) is 4.04. The highest BCUT2D eigenvalue weighted by atomic mass is 16.3. The molecule has 1 aliphatic heterocycles. The van der Waals surface area contributed by atoms with Crippen LogP contribution >= 0.6 is 0 Å². The molecule has 3 aromatic rings. The van der Waals surface area contributed by atoms with Crippen molar-refractivity contribution in [2.75, 3.05) is 18.0 Å². The van der Waals surface area contributed by atoms with Crippen LogP contribution in [0.3, 0.4) is 0 Å². The van der Waals surface area contributed by atoms with Gasteiger partial charge >= 0.3 is 0 Å². The summed E-state index contributed by atoms with van der Waals surface area (Å²) in [5.74, 6) is 1.53. The number of piperidine rings is 1. The Balaban J connectivity index is 1.39. The van der Waals surface area contributed by atoms with Crippen LogP contribution < -0.4 is 15.8 Å². The van der Waals surface area contributed by atoms with Crippen LogP contribution in [0.15, 0.2) is 64.0 Å². The molecule has 0 aliphatic carbocycles. The summed E-state index contributed by atoms with van der Waals surface area (Å²) < 4.78 is 6.70. The largest absolute Gasteiger partial charge is 0.467 e. The van der Waals surface area contributed by atoms with Crippen molar-refractivity contribution < 1.29 is 9.21 Å². The zero-order valence-electron chi connectivity index (χ0n) is 17.1. The van der Waals surface area contributed by atoms with E-state index in [9.17, 15) is 9.59 Å². The van der Waals surface area contributed by atoms with Crippen LogP contribution in [0.1, 0.15) is 31.1 Å². The monoisotopic (exact) mass is 406 g/mol. The van der Waals surface area contributed by atoms with Crippen LogP contribution in [0.2, 0.25) is 0 Å². The number of aryl methyl sites for hydroxylation is 1. The van der Waals surface area contributed by atoms with Gasteiger partial charge < -0.3 is 14.6 Å². The predicted octanol–water partition coefficient (Wildman–Crippen LogP) is 2.92. The average molecular weight is 406 g/mol. The molecule has 30 heavy (non-hydrogen) atoms. The number of aromatic nitrogens is 2. The van der Waals surface area contributed by atoms with Crippen LogP contribution in [-0.4, -0.2) is 28.8 Å². The van der Waals surface area contributed by atoms with Crippen molar-refractivity contribution in [1.29, 1.82) is 0 Å². The molecule has 156 valence electrons. The zero-order valence-corrected chi connectivity index (χ0v) is 17.1. The van der Waals surface area contributed by atoms with Crippen molar-refractivity contribution in [3.63, 3.8) is 0 Å². The van der Waals surface area contributed by atoms with Gasteiger partial charge in [-0.2, -0.15) is 4.68 Å². The number of carbonyl (C=O) groups excluding carboxylic acids is 1. The van der Waals surface area contributed by atoms with Gasteiger partial charge in [0.25, 0.3) is 5.56 Å². The van der Waals surface area contributed by atoms with Gasteiger partial charge in [0.15, 0.2) is 0 Å². The van der Waals surface area contributed by atoms with E-state index in [1.165, 1.54) is 10.2 Å². The molecule has 7 nitrogen and oxygen atoms in total. The third-order valence-corrected chi connectivity index (χ3v) is 5.58. The molecule has 0 unspecified atom stereocenters. The van der Waals surface area contributed by atoms with Crippen molar-refractivity contribution in [1.82, 2.24) is 15.1 Å². The van der Waals surface area contributed by atoms with E-state index in [1.807, 2.05) is 36.4 Å². The van der Waals surface area contributed by atoms with Gasteiger partial charge in [-0.15, -0.1) is 5.10 Å². The fourth-order valence-corrected chi connectivity index (χ4v) is 3.73. The molecule has 1 aliphatic rings. The molecular weight excluding hydrogens is 380 g/mol. The van der Waals surface area contributed by atoms with Crippen LogP contribution in [0.4, 0.5) is 5.82 Å². The van der Waals surface area contributed by atoms with Gasteiger partial charge in [-0.3, -0.25) is 9.59 Å².